The largest absolute Gasteiger partial charge is 1.00 e. The van der Waals surface area contributed by atoms with E-state index in [4.69, 9.17) is 51.3 Å². The molecule has 0 spiro atoms. The molecule has 0 saturated carbocycles. The highest BCUT2D eigenvalue weighted by atomic mass is 79.9. The number of alkyl halides is 3. The summed E-state index contributed by atoms with van der Waals surface area (Å²) in [4.78, 5) is 42.3. The fourth-order valence-electron chi connectivity index (χ4n) is 10.6. The second-order valence-electron chi connectivity index (χ2n) is 23.6. The van der Waals surface area contributed by atoms with Crippen LogP contribution in [0.25, 0.3) is 22.5 Å². The molecule has 0 fully saturated rings. The van der Waals surface area contributed by atoms with Crippen molar-refractivity contribution >= 4 is 40.6 Å². The minimum atomic E-state index is -5.19. The van der Waals surface area contributed by atoms with E-state index in [0.717, 1.165) is 68.8 Å². The number of nitriles is 2. The lowest BCUT2D eigenvalue weighted by Gasteiger charge is -2.32. The van der Waals surface area contributed by atoms with Gasteiger partial charge in [0.05, 0.1) is 57.8 Å². The minimum Gasteiger partial charge on any atom is -1.00 e. The molecule has 0 aliphatic heterocycles. The summed E-state index contributed by atoms with van der Waals surface area (Å²) in [5, 5.41) is 65.1. The van der Waals surface area contributed by atoms with Crippen LogP contribution in [0.5, 0.6) is 11.5 Å². The molecule has 100 heavy (non-hydrogen) atoms. The highest BCUT2D eigenvalue weighted by molar-refractivity contribution is 7.10. The highest BCUT2D eigenvalue weighted by Crippen LogP contribution is 2.44. The van der Waals surface area contributed by atoms with Crippen molar-refractivity contribution < 1.29 is 96.0 Å². The standard InChI is InChI=1S/2C34H33F2N6O3S.C2HF3O2.BrH/c2*1-20-11-25(12-21(2)31(20)45-33(43)23(4)38)15-41-18-39-42(19-41)17-34(44,28-10-9-27(35)13-29(28)36)22(3)32-40-30(16-46-32)26-7-5-24(14-37)6-8-26;3-2(4,5)1(6)7;/h2*5-13,16,18-19,22-23,44H,15,17,38H2,1-4H3;(H,6,7);1H/q2*+1;;/p-2/t2*22-,23-,34+;;/m00../s1. The topological polar surface area (TPSA) is 302 Å². The van der Waals surface area contributed by atoms with E-state index in [9.17, 15) is 41.8 Å². The van der Waals surface area contributed by atoms with Gasteiger partial charge in [-0.1, -0.05) is 50.2 Å². The summed E-state index contributed by atoms with van der Waals surface area (Å²) in [5.41, 5.74) is 16.3. The first-order chi connectivity index (χ1) is 46.7. The lowest BCUT2D eigenvalue weighted by molar-refractivity contribution is -0.689. The number of nitrogens with zero attached hydrogens (tertiary/aromatic N) is 10. The summed E-state index contributed by atoms with van der Waals surface area (Å²) in [6.07, 6.45) is 1.37. The number of aliphatic carboxylic acids is 1. The van der Waals surface area contributed by atoms with Gasteiger partial charge >= 0.3 is 18.1 Å². The zero-order valence-corrected chi connectivity index (χ0v) is 58.0. The van der Waals surface area contributed by atoms with E-state index in [2.05, 4.69) is 22.3 Å². The first kappa shape index (κ1) is 77.4. The maximum atomic E-state index is 15.3. The van der Waals surface area contributed by atoms with E-state index < -0.39 is 82.5 Å². The van der Waals surface area contributed by atoms with Gasteiger partial charge in [-0.3, -0.25) is 0 Å². The van der Waals surface area contributed by atoms with Crippen LogP contribution < -0.4 is 52.2 Å². The average Bonchev–Trinajstić information content (AvgIpc) is 1.33. The van der Waals surface area contributed by atoms with E-state index in [1.165, 1.54) is 44.2 Å². The number of aryl methyl sites for hydroxylation is 4. The SMILES string of the molecule is Cc1cc(C[n+]2cnn(C[C@](O)(c3ccc(F)cc3F)[C@@H](C)c3nc(-c4ccc(C#N)cc4)cs3)c2)cc(C)c1OC(=O)[C@H](C)N.Cc1cc(C[n+]2cnn(C[C@](O)(c3ccc(F)cc3F)[C@@H](C)c3nc(-c4ccc(C#N)cc4)cs3)c2)cc(C)c1OC(=O)[C@H](C)N.O=C([O-])C(F)(F)F.[Br-]. The second-order valence-corrected chi connectivity index (χ2v) is 25.4. The van der Waals surface area contributed by atoms with E-state index in [0.29, 0.717) is 57.1 Å². The quantitative estimate of drug-likeness (QED) is 0.0277. The number of halogens is 8. The van der Waals surface area contributed by atoms with Crippen molar-refractivity contribution in [2.75, 3.05) is 0 Å². The third-order valence-electron chi connectivity index (χ3n) is 15.8. The molecule has 6 N–H and O–H groups in total. The minimum absolute atomic E-state index is 0. The summed E-state index contributed by atoms with van der Waals surface area (Å²) in [6.45, 7) is 14.5. The lowest BCUT2D eigenvalue weighted by atomic mass is 9.82. The molecule has 522 valence electrons. The molecule has 0 amide bonds. The molecule has 20 nitrogen and oxygen atoms in total. The van der Waals surface area contributed by atoms with Gasteiger partial charge in [-0.05, 0) is 136 Å². The Morgan fingerprint density at radius 1 is 0.590 bits per heavy atom. The fraction of sp³-hybridized carbons (Fsp3) is 0.271. The van der Waals surface area contributed by atoms with Gasteiger partial charge in [-0.25, -0.2) is 46.3 Å². The number of benzene rings is 6. The molecule has 6 aromatic carbocycles. The number of thiazole rings is 2. The van der Waals surface area contributed by atoms with Crippen molar-refractivity contribution in [3.05, 3.63) is 234 Å². The first-order valence-corrected chi connectivity index (χ1v) is 32.0. The Labute approximate surface area is 588 Å². The summed E-state index contributed by atoms with van der Waals surface area (Å²) >= 11 is 2.63. The predicted molar refractivity (Wildman–Crippen MR) is 346 cm³/mol. The number of aliphatic hydroxyl groups is 2. The van der Waals surface area contributed by atoms with Gasteiger partial charge in [-0.15, -0.1) is 32.0 Å². The zero-order chi connectivity index (χ0) is 72.4. The summed E-state index contributed by atoms with van der Waals surface area (Å²) in [7, 11) is 0. The Balaban J connectivity index is 0.000000254. The van der Waals surface area contributed by atoms with Crippen molar-refractivity contribution in [1.29, 1.82) is 10.5 Å². The summed E-state index contributed by atoms with van der Waals surface area (Å²) in [5.74, 6) is -7.82. The fourth-order valence-corrected chi connectivity index (χ4v) is 12.6. The molecule has 4 heterocycles. The number of carbonyl (C=O) groups excluding carboxylic acids is 3. The van der Waals surface area contributed by atoms with Crippen LogP contribution in [0.3, 0.4) is 0 Å². The van der Waals surface area contributed by atoms with Crippen LogP contribution in [-0.2, 0) is 51.8 Å². The third kappa shape index (κ3) is 18.9. The average molecular weight is 1480 g/mol. The number of nitrogens with two attached hydrogens (primary N) is 2. The van der Waals surface area contributed by atoms with Crippen molar-refractivity contribution in [3.8, 4) is 46.2 Å². The highest BCUT2D eigenvalue weighted by Gasteiger charge is 2.45. The second kappa shape index (κ2) is 32.8. The molecule has 6 atom stereocenters. The Kier molecular flexibility index (Phi) is 25.4. The summed E-state index contributed by atoms with van der Waals surface area (Å²) in [6, 6.07) is 30.5. The van der Waals surface area contributed by atoms with Crippen LogP contribution in [0.4, 0.5) is 30.7 Å². The number of ether oxygens (including phenoxy) is 2. The van der Waals surface area contributed by atoms with Crippen LogP contribution in [-0.4, -0.2) is 75.9 Å². The van der Waals surface area contributed by atoms with Crippen molar-refractivity contribution in [2.24, 2.45) is 11.5 Å². The van der Waals surface area contributed by atoms with Crippen LogP contribution >= 0.6 is 22.7 Å². The molecule has 10 aromatic rings. The Hall–Kier alpha value is -9.92. The Morgan fingerprint density at radius 3 is 1.21 bits per heavy atom. The molecule has 0 saturated heterocycles. The van der Waals surface area contributed by atoms with Gasteiger partial charge in [0.1, 0.15) is 77.1 Å². The maximum absolute atomic E-state index is 15.3. The number of carboxylic acids is 1. The molecule has 0 radical (unpaired) electrons. The molecule has 0 aliphatic carbocycles. The van der Waals surface area contributed by atoms with Crippen LogP contribution in [0.1, 0.15) is 105 Å². The monoisotopic (exact) mass is 1480 g/mol. The molecule has 30 heteroatoms. The van der Waals surface area contributed by atoms with Gasteiger partial charge in [0.2, 0.25) is 12.7 Å². The number of hydrogen-bond acceptors (Lipinski definition) is 18. The number of rotatable bonds is 20. The van der Waals surface area contributed by atoms with Crippen molar-refractivity contribution in [2.45, 2.75) is 123 Å². The number of esters is 2. The molecule has 0 aliphatic rings. The molecular formula is C70H66BrF7N12O8S2. The maximum Gasteiger partial charge on any atom is 0.430 e. The van der Waals surface area contributed by atoms with Crippen LogP contribution in [0.2, 0.25) is 0 Å². The Bertz CT molecular complexity index is 4340. The summed E-state index contributed by atoms with van der Waals surface area (Å²) < 4.78 is 107. The molecule has 0 bridgehead atoms. The van der Waals surface area contributed by atoms with Crippen molar-refractivity contribution in [3.63, 3.8) is 0 Å². The lowest BCUT2D eigenvalue weighted by Crippen LogP contribution is -3.00. The normalized spacial score (nSPS) is 13.6. The smallest absolute Gasteiger partial charge is 0.430 e. The third-order valence-corrected chi connectivity index (χ3v) is 17.9. The van der Waals surface area contributed by atoms with Gasteiger partial charge in [0.25, 0.3) is 12.7 Å². The van der Waals surface area contributed by atoms with Crippen LogP contribution in [0, 0.1) is 73.6 Å². The molecular weight excluding hydrogens is 1410 g/mol. The first-order valence-electron chi connectivity index (χ1n) is 30.2. The van der Waals surface area contributed by atoms with E-state index in [1.807, 2.05) is 62.7 Å². The molecule has 4 aromatic heterocycles. The van der Waals surface area contributed by atoms with Crippen LogP contribution in [0.15, 0.2) is 145 Å². The Morgan fingerprint density at radius 2 is 0.920 bits per heavy atom. The van der Waals surface area contributed by atoms with E-state index >= 15 is 8.78 Å². The molecule has 0 unspecified atom stereocenters. The number of aromatic nitrogens is 8. The number of carboxylic acid groups (broad SMARTS) is 1. The van der Waals surface area contributed by atoms with Gasteiger partial charge in [0, 0.05) is 67.2 Å². The van der Waals surface area contributed by atoms with Gasteiger partial charge < -0.3 is 58.0 Å². The number of hydrogen-bond donors (Lipinski definition) is 4. The number of carbonyl (C=O) groups is 3. The zero-order valence-electron chi connectivity index (χ0n) is 54.8. The van der Waals surface area contributed by atoms with Crippen molar-refractivity contribution in [1.82, 2.24) is 29.5 Å². The van der Waals surface area contributed by atoms with Gasteiger partial charge in [-0.2, -0.15) is 23.7 Å². The molecule has 10 rings (SSSR count). The van der Waals surface area contributed by atoms with E-state index in [1.54, 1.807) is 111 Å². The predicted octanol–water partition coefficient (Wildman–Crippen LogP) is 6.41. The van der Waals surface area contributed by atoms with Gasteiger partial charge in [0.15, 0.2) is 0 Å². The van der Waals surface area contributed by atoms with E-state index in [-0.39, 0.29) is 41.2 Å².